The highest BCUT2D eigenvalue weighted by atomic mass is 35.5. The number of nitrogens with zero attached hydrogens (tertiary/aromatic N) is 2. The van der Waals surface area contributed by atoms with Crippen molar-refractivity contribution in [3.05, 3.63) is 40.1 Å². The van der Waals surface area contributed by atoms with Crippen molar-refractivity contribution in [2.75, 3.05) is 24.1 Å². The highest BCUT2D eigenvalue weighted by Gasteiger charge is 2.25. The Morgan fingerprint density at radius 1 is 1.46 bits per heavy atom. The molecule has 2 heterocycles. The Morgan fingerprint density at radius 2 is 2.21 bits per heavy atom. The van der Waals surface area contributed by atoms with Crippen LogP contribution in [0.25, 0.3) is 0 Å². The monoisotopic (exact) mass is 368 g/mol. The van der Waals surface area contributed by atoms with E-state index in [2.05, 4.69) is 15.2 Å². The van der Waals surface area contributed by atoms with Gasteiger partial charge in [-0.2, -0.15) is 0 Å². The SMILES string of the molecule is Nc1ncc(CN2CCC(C(=O)Nc3ccc(F)c(Cl)c3)CC2)s1. The number of nitrogens with two attached hydrogens (primary N) is 1. The second kappa shape index (κ2) is 7.46. The van der Waals surface area contributed by atoms with Crippen LogP contribution in [0.4, 0.5) is 15.2 Å². The fraction of sp³-hybridized carbons (Fsp3) is 0.375. The van der Waals surface area contributed by atoms with Crippen molar-refractivity contribution in [2.45, 2.75) is 19.4 Å². The van der Waals surface area contributed by atoms with Gasteiger partial charge in [0.15, 0.2) is 5.13 Å². The van der Waals surface area contributed by atoms with Crippen molar-refractivity contribution in [1.82, 2.24) is 9.88 Å². The first-order valence-corrected chi connectivity index (χ1v) is 8.89. The molecule has 1 saturated heterocycles. The number of nitrogen functional groups attached to an aromatic ring is 1. The number of amides is 1. The molecule has 0 atom stereocenters. The van der Waals surface area contributed by atoms with Crippen LogP contribution >= 0.6 is 22.9 Å². The smallest absolute Gasteiger partial charge is 0.227 e. The molecule has 0 radical (unpaired) electrons. The van der Waals surface area contributed by atoms with Crippen LogP contribution in [0, 0.1) is 11.7 Å². The summed E-state index contributed by atoms with van der Waals surface area (Å²) < 4.78 is 13.2. The molecule has 1 aromatic heterocycles. The lowest BCUT2D eigenvalue weighted by Gasteiger charge is -2.30. The van der Waals surface area contributed by atoms with E-state index in [4.69, 9.17) is 17.3 Å². The first kappa shape index (κ1) is 17.1. The minimum atomic E-state index is -0.494. The van der Waals surface area contributed by atoms with Crippen molar-refractivity contribution in [2.24, 2.45) is 5.92 Å². The molecular weight excluding hydrogens is 351 g/mol. The van der Waals surface area contributed by atoms with Gasteiger partial charge in [0.2, 0.25) is 5.91 Å². The minimum Gasteiger partial charge on any atom is -0.375 e. The Balaban J connectivity index is 1.50. The second-order valence-corrected chi connectivity index (χ2v) is 7.39. The van der Waals surface area contributed by atoms with E-state index < -0.39 is 5.82 Å². The third-order valence-electron chi connectivity index (χ3n) is 4.10. The van der Waals surface area contributed by atoms with Crippen LogP contribution in [0.3, 0.4) is 0 Å². The average Bonchev–Trinajstić information content (AvgIpc) is 2.96. The molecule has 3 N–H and O–H groups in total. The van der Waals surface area contributed by atoms with Gasteiger partial charge < -0.3 is 11.1 Å². The number of aromatic nitrogens is 1. The van der Waals surface area contributed by atoms with Gasteiger partial charge in [-0.3, -0.25) is 9.69 Å². The summed E-state index contributed by atoms with van der Waals surface area (Å²) in [6.07, 6.45) is 3.38. The predicted octanol–water partition coefficient (Wildman–Crippen LogP) is 3.37. The van der Waals surface area contributed by atoms with Crippen LogP contribution < -0.4 is 11.1 Å². The van der Waals surface area contributed by atoms with Gasteiger partial charge in [0.25, 0.3) is 0 Å². The molecule has 2 aromatic rings. The maximum absolute atomic E-state index is 13.2. The highest BCUT2D eigenvalue weighted by Crippen LogP contribution is 2.24. The number of thiazole rings is 1. The summed E-state index contributed by atoms with van der Waals surface area (Å²) >= 11 is 7.23. The Kier molecular flexibility index (Phi) is 5.33. The van der Waals surface area contributed by atoms with Gasteiger partial charge in [-0.05, 0) is 44.1 Å². The lowest BCUT2D eigenvalue weighted by atomic mass is 9.96. The quantitative estimate of drug-likeness (QED) is 0.868. The molecular formula is C16H18ClFN4OS. The van der Waals surface area contributed by atoms with E-state index in [1.165, 1.54) is 29.5 Å². The largest absolute Gasteiger partial charge is 0.375 e. The van der Waals surface area contributed by atoms with Gasteiger partial charge in [-0.1, -0.05) is 11.6 Å². The molecule has 128 valence electrons. The van der Waals surface area contributed by atoms with Gasteiger partial charge in [0.05, 0.1) is 5.02 Å². The summed E-state index contributed by atoms with van der Waals surface area (Å²) in [7, 11) is 0. The van der Waals surface area contributed by atoms with Gasteiger partial charge in [-0.25, -0.2) is 9.37 Å². The summed E-state index contributed by atoms with van der Waals surface area (Å²) in [5.74, 6) is -0.581. The topological polar surface area (TPSA) is 71.2 Å². The fourth-order valence-corrected chi connectivity index (χ4v) is 3.69. The lowest BCUT2D eigenvalue weighted by molar-refractivity contribution is -0.121. The van der Waals surface area contributed by atoms with Crippen molar-refractivity contribution in [3.63, 3.8) is 0 Å². The molecule has 1 aliphatic heterocycles. The van der Waals surface area contributed by atoms with Crippen LogP contribution in [0.2, 0.25) is 5.02 Å². The number of carbonyl (C=O) groups excluding carboxylic acids is 1. The van der Waals surface area contributed by atoms with Crippen molar-refractivity contribution >= 4 is 39.7 Å². The molecule has 1 aromatic carbocycles. The molecule has 0 aliphatic carbocycles. The molecule has 0 spiro atoms. The standard InChI is InChI=1S/C16H18ClFN4OS/c17-13-7-11(1-2-14(13)18)21-15(23)10-3-5-22(6-4-10)9-12-8-20-16(19)24-12/h1-2,7-8,10H,3-6,9H2,(H2,19,20)(H,21,23). The summed E-state index contributed by atoms with van der Waals surface area (Å²) in [5.41, 5.74) is 6.16. The Hall–Kier alpha value is -1.70. The molecule has 0 saturated carbocycles. The molecule has 3 rings (SSSR count). The van der Waals surface area contributed by atoms with E-state index in [1.54, 1.807) is 6.20 Å². The highest BCUT2D eigenvalue weighted by molar-refractivity contribution is 7.15. The number of anilines is 2. The normalized spacial score (nSPS) is 16.2. The molecule has 0 bridgehead atoms. The van der Waals surface area contributed by atoms with Crippen molar-refractivity contribution < 1.29 is 9.18 Å². The average molecular weight is 369 g/mol. The summed E-state index contributed by atoms with van der Waals surface area (Å²) in [4.78, 5) is 19.8. The first-order valence-electron chi connectivity index (χ1n) is 7.69. The van der Waals surface area contributed by atoms with Crippen LogP contribution in [-0.2, 0) is 11.3 Å². The number of benzene rings is 1. The second-order valence-electron chi connectivity index (χ2n) is 5.83. The zero-order valence-electron chi connectivity index (χ0n) is 13.0. The van der Waals surface area contributed by atoms with Gasteiger partial charge >= 0.3 is 0 Å². The number of nitrogens with one attached hydrogen (secondary N) is 1. The molecule has 24 heavy (non-hydrogen) atoms. The summed E-state index contributed by atoms with van der Waals surface area (Å²) in [6.45, 7) is 2.51. The van der Waals surface area contributed by atoms with Crippen molar-refractivity contribution in [1.29, 1.82) is 0 Å². The number of carbonyl (C=O) groups is 1. The summed E-state index contributed by atoms with van der Waals surface area (Å²) in [6, 6.07) is 4.20. The molecule has 5 nitrogen and oxygen atoms in total. The van der Waals surface area contributed by atoms with E-state index in [1.807, 2.05) is 0 Å². The number of likely N-dealkylation sites (tertiary alicyclic amines) is 1. The number of piperidine rings is 1. The summed E-state index contributed by atoms with van der Waals surface area (Å²) in [5, 5.41) is 3.40. The van der Waals surface area contributed by atoms with Crippen LogP contribution in [-0.4, -0.2) is 28.9 Å². The Morgan fingerprint density at radius 3 is 2.83 bits per heavy atom. The van der Waals surface area contributed by atoms with E-state index in [0.717, 1.165) is 37.4 Å². The predicted molar refractivity (Wildman–Crippen MR) is 94.6 cm³/mol. The van der Waals surface area contributed by atoms with Gasteiger partial charge in [-0.15, -0.1) is 11.3 Å². The number of halogens is 2. The van der Waals surface area contributed by atoms with E-state index in [9.17, 15) is 9.18 Å². The molecule has 1 aliphatic rings. The third kappa shape index (κ3) is 4.23. The third-order valence-corrected chi connectivity index (χ3v) is 5.20. The maximum Gasteiger partial charge on any atom is 0.227 e. The number of rotatable bonds is 4. The minimum absolute atomic E-state index is 0.00597. The van der Waals surface area contributed by atoms with E-state index >= 15 is 0 Å². The van der Waals surface area contributed by atoms with Crippen molar-refractivity contribution in [3.8, 4) is 0 Å². The van der Waals surface area contributed by atoms with Crippen LogP contribution in [0.5, 0.6) is 0 Å². The molecule has 1 amide bonds. The van der Waals surface area contributed by atoms with Crippen LogP contribution in [0.15, 0.2) is 24.4 Å². The van der Waals surface area contributed by atoms with E-state index in [0.29, 0.717) is 10.8 Å². The fourth-order valence-electron chi connectivity index (χ4n) is 2.79. The number of hydrogen-bond acceptors (Lipinski definition) is 5. The maximum atomic E-state index is 13.2. The molecule has 8 heteroatoms. The van der Waals surface area contributed by atoms with Gasteiger partial charge in [0.1, 0.15) is 5.82 Å². The lowest BCUT2D eigenvalue weighted by Crippen LogP contribution is -2.37. The zero-order chi connectivity index (χ0) is 17.1. The van der Waals surface area contributed by atoms with Gasteiger partial charge in [0, 0.05) is 29.2 Å². The molecule has 1 fully saturated rings. The zero-order valence-corrected chi connectivity index (χ0v) is 14.5. The van der Waals surface area contributed by atoms with E-state index in [-0.39, 0.29) is 16.8 Å². The Labute approximate surface area is 148 Å². The Bertz CT molecular complexity index is 731. The number of hydrogen-bond donors (Lipinski definition) is 2. The first-order chi connectivity index (χ1) is 11.5. The molecule has 0 unspecified atom stereocenters. The van der Waals surface area contributed by atoms with Crippen LogP contribution in [0.1, 0.15) is 17.7 Å².